The maximum atomic E-state index is 12.2. The predicted molar refractivity (Wildman–Crippen MR) is 73.6 cm³/mol. The van der Waals surface area contributed by atoms with Gasteiger partial charge < -0.3 is 15.6 Å². The van der Waals surface area contributed by atoms with Gasteiger partial charge in [-0.15, -0.1) is 0 Å². The van der Waals surface area contributed by atoms with Gasteiger partial charge in [0.25, 0.3) is 0 Å². The number of aliphatic hydroxyl groups is 1. The van der Waals surface area contributed by atoms with Gasteiger partial charge in [0.15, 0.2) is 0 Å². The molecule has 0 saturated carbocycles. The van der Waals surface area contributed by atoms with Crippen molar-refractivity contribution in [1.29, 1.82) is 0 Å². The van der Waals surface area contributed by atoms with Gasteiger partial charge in [-0.3, -0.25) is 0 Å². The zero-order chi connectivity index (χ0) is 14.6. The summed E-state index contributed by atoms with van der Waals surface area (Å²) in [6.07, 6.45) is 0. The van der Waals surface area contributed by atoms with Crippen LogP contribution >= 0.6 is 0 Å². The van der Waals surface area contributed by atoms with Gasteiger partial charge in [0.05, 0.1) is 7.11 Å². The maximum Gasteiger partial charge on any atom is 0.244 e. The molecule has 0 heterocycles. The van der Waals surface area contributed by atoms with E-state index in [0.717, 1.165) is 5.56 Å². The maximum absolute atomic E-state index is 12.2. The van der Waals surface area contributed by atoms with Crippen molar-refractivity contribution in [2.75, 3.05) is 26.0 Å². The van der Waals surface area contributed by atoms with Crippen molar-refractivity contribution in [3.05, 3.63) is 17.7 Å². The summed E-state index contributed by atoms with van der Waals surface area (Å²) in [6, 6.07) is 2.96. The highest BCUT2D eigenvalue weighted by molar-refractivity contribution is 7.89. The van der Waals surface area contributed by atoms with Gasteiger partial charge in [0.2, 0.25) is 10.0 Å². The molecule has 4 N–H and O–H groups in total. The van der Waals surface area contributed by atoms with E-state index in [1.165, 1.54) is 13.2 Å². The van der Waals surface area contributed by atoms with Gasteiger partial charge in [-0.25, -0.2) is 13.1 Å². The number of aliphatic hydroxyl groups excluding tert-OH is 1. The van der Waals surface area contributed by atoms with E-state index in [1.807, 2.05) is 0 Å². The van der Waals surface area contributed by atoms with Crippen molar-refractivity contribution < 1.29 is 18.3 Å². The number of hydrogen-bond acceptors (Lipinski definition) is 5. The number of nitrogens with one attached hydrogen (secondary N) is 1. The van der Waals surface area contributed by atoms with Crippen LogP contribution in [0.4, 0.5) is 5.69 Å². The molecule has 1 unspecified atom stereocenters. The fraction of sp³-hybridized carbons (Fsp3) is 0.500. The summed E-state index contributed by atoms with van der Waals surface area (Å²) in [7, 11) is -2.31. The van der Waals surface area contributed by atoms with Crippen LogP contribution < -0.4 is 15.2 Å². The third-order valence-corrected chi connectivity index (χ3v) is 4.22. The molecule has 0 radical (unpaired) electrons. The topological polar surface area (TPSA) is 102 Å². The van der Waals surface area contributed by atoms with Crippen molar-refractivity contribution in [2.45, 2.75) is 18.7 Å². The molecule has 1 rings (SSSR count). The first-order chi connectivity index (χ1) is 8.81. The molecule has 0 fully saturated rings. The van der Waals surface area contributed by atoms with Gasteiger partial charge >= 0.3 is 0 Å². The second kappa shape index (κ2) is 6.23. The number of rotatable bonds is 6. The largest absolute Gasteiger partial charge is 0.495 e. The number of ether oxygens (including phenoxy) is 1. The summed E-state index contributed by atoms with van der Waals surface area (Å²) in [5.41, 5.74) is 6.87. The van der Waals surface area contributed by atoms with Gasteiger partial charge in [0, 0.05) is 18.8 Å². The molecule has 0 amide bonds. The van der Waals surface area contributed by atoms with E-state index in [4.69, 9.17) is 15.6 Å². The Morgan fingerprint density at radius 3 is 2.63 bits per heavy atom. The Hall–Kier alpha value is -1.31. The Balaban J connectivity index is 3.10. The van der Waals surface area contributed by atoms with Gasteiger partial charge in [0.1, 0.15) is 10.6 Å². The molecule has 6 nitrogen and oxygen atoms in total. The molecule has 0 aliphatic heterocycles. The molecular formula is C12H20N2O4S. The third kappa shape index (κ3) is 3.82. The summed E-state index contributed by atoms with van der Waals surface area (Å²) in [4.78, 5) is 0.00300. The highest BCUT2D eigenvalue weighted by atomic mass is 32.2. The average Bonchev–Trinajstić information content (AvgIpc) is 2.38. The van der Waals surface area contributed by atoms with E-state index < -0.39 is 10.0 Å². The number of nitrogen functional groups attached to an aromatic ring is 1. The molecule has 0 spiro atoms. The van der Waals surface area contributed by atoms with Crippen LogP contribution in [0.15, 0.2) is 17.0 Å². The minimum absolute atomic E-state index is 0.00300. The first kappa shape index (κ1) is 15.7. The van der Waals surface area contributed by atoms with Crippen molar-refractivity contribution >= 4 is 15.7 Å². The first-order valence-corrected chi connectivity index (χ1v) is 7.34. The van der Waals surface area contributed by atoms with E-state index in [1.54, 1.807) is 19.9 Å². The number of nitrogens with two attached hydrogens (primary N) is 1. The molecule has 0 bridgehead atoms. The smallest absolute Gasteiger partial charge is 0.244 e. The van der Waals surface area contributed by atoms with Crippen LogP contribution in [0.1, 0.15) is 12.5 Å². The summed E-state index contributed by atoms with van der Waals surface area (Å²) in [5, 5.41) is 8.90. The Morgan fingerprint density at radius 2 is 2.11 bits per heavy atom. The molecule has 19 heavy (non-hydrogen) atoms. The monoisotopic (exact) mass is 288 g/mol. The average molecular weight is 288 g/mol. The van der Waals surface area contributed by atoms with Crippen molar-refractivity contribution in [1.82, 2.24) is 4.72 Å². The third-order valence-electron chi connectivity index (χ3n) is 2.78. The standard InChI is InChI=1S/C12H20N2O4S/c1-8(7-15)6-14-19(16,17)12-5-10(13)9(2)4-11(12)18-3/h4-5,8,14-15H,6-7,13H2,1-3H3. The Bertz CT molecular complexity index is 543. The van der Waals surface area contributed by atoms with Crippen LogP contribution in [0.5, 0.6) is 5.75 Å². The number of anilines is 1. The molecule has 0 saturated heterocycles. The van der Waals surface area contributed by atoms with Crippen LogP contribution in [0.25, 0.3) is 0 Å². The lowest BCUT2D eigenvalue weighted by molar-refractivity contribution is 0.238. The second-order valence-corrected chi connectivity index (χ2v) is 6.23. The number of hydrogen-bond donors (Lipinski definition) is 3. The van der Waals surface area contributed by atoms with E-state index in [2.05, 4.69) is 4.72 Å². The fourth-order valence-corrected chi connectivity index (χ4v) is 2.79. The van der Waals surface area contributed by atoms with E-state index in [0.29, 0.717) is 5.69 Å². The number of benzene rings is 1. The molecule has 108 valence electrons. The van der Waals surface area contributed by atoms with E-state index in [9.17, 15) is 8.42 Å². The highest BCUT2D eigenvalue weighted by Crippen LogP contribution is 2.28. The fourth-order valence-electron chi connectivity index (χ4n) is 1.44. The van der Waals surface area contributed by atoms with E-state index >= 15 is 0 Å². The summed E-state index contributed by atoms with van der Waals surface area (Å²) < 4.78 is 31.8. The predicted octanol–water partition coefficient (Wildman–Crippen LogP) is 0.493. The molecule has 0 aromatic heterocycles. The van der Waals surface area contributed by atoms with Crippen molar-refractivity contribution in [3.8, 4) is 5.75 Å². The zero-order valence-electron chi connectivity index (χ0n) is 11.3. The zero-order valence-corrected chi connectivity index (χ0v) is 12.1. The summed E-state index contributed by atoms with van der Waals surface area (Å²) in [6.45, 7) is 3.57. The minimum Gasteiger partial charge on any atom is -0.495 e. The van der Waals surface area contributed by atoms with Crippen LogP contribution in [0, 0.1) is 12.8 Å². The van der Waals surface area contributed by atoms with Crippen LogP contribution in [0.2, 0.25) is 0 Å². The van der Waals surface area contributed by atoms with Gasteiger partial charge in [-0.2, -0.15) is 0 Å². The molecular weight excluding hydrogens is 268 g/mol. The van der Waals surface area contributed by atoms with E-state index in [-0.39, 0.29) is 29.7 Å². The molecule has 0 aliphatic carbocycles. The molecule has 1 aromatic carbocycles. The SMILES string of the molecule is COc1cc(C)c(N)cc1S(=O)(=O)NCC(C)CO. The van der Waals surface area contributed by atoms with Crippen LogP contribution in [-0.2, 0) is 10.0 Å². The lowest BCUT2D eigenvalue weighted by Gasteiger charge is -2.14. The Morgan fingerprint density at radius 1 is 1.47 bits per heavy atom. The number of methoxy groups -OCH3 is 1. The molecule has 1 aromatic rings. The number of sulfonamides is 1. The van der Waals surface area contributed by atoms with Crippen molar-refractivity contribution in [3.63, 3.8) is 0 Å². The van der Waals surface area contributed by atoms with Gasteiger partial charge in [-0.1, -0.05) is 6.92 Å². The highest BCUT2D eigenvalue weighted by Gasteiger charge is 2.21. The minimum atomic E-state index is -3.71. The lowest BCUT2D eigenvalue weighted by Crippen LogP contribution is -2.30. The number of aryl methyl sites for hydroxylation is 1. The van der Waals surface area contributed by atoms with Crippen LogP contribution in [-0.4, -0.2) is 33.8 Å². The normalized spacial score (nSPS) is 13.3. The van der Waals surface area contributed by atoms with Crippen LogP contribution in [0.3, 0.4) is 0 Å². The summed E-state index contributed by atoms with van der Waals surface area (Å²) >= 11 is 0. The lowest BCUT2D eigenvalue weighted by atomic mass is 10.2. The van der Waals surface area contributed by atoms with Crippen molar-refractivity contribution in [2.24, 2.45) is 5.92 Å². The Kier molecular flexibility index (Phi) is 5.16. The Labute approximate surface area is 113 Å². The first-order valence-electron chi connectivity index (χ1n) is 5.86. The molecule has 1 atom stereocenters. The quantitative estimate of drug-likeness (QED) is 0.661. The second-order valence-electron chi connectivity index (χ2n) is 4.50. The molecule has 7 heteroatoms. The molecule has 0 aliphatic rings. The summed E-state index contributed by atoms with van der Waals surface area (Å²) in [5.74, 6) is 0.0828. The van der Waals surface area contributed by atoms with Gasteiger partial charge in [-0.05, 0) is 30.5 Å².